The molecule has 0 bridgehead atoms. The van der Waals surface area contributed by atoms with E-state index in [0.717, 1.165) is 36.1 Å². The topological polar surface area (TPSA) is 116 Å². The van der Waals surface area contributed by atoms with Crippen LogP contribution in [0.5, 0.6) is 28.7 Å². The van der Waals surface area contributed by atoms with Gasteiger partial charge in [0.1, 0.15) is 36.1 Å². The molecule has 43 heavy (non-hydrogen) atoms. The molecule has 9 heteroatoms. The van der Waals surface area contributed by atoms with Crippen molar-refractivity contribution in [1.29, 1.82) is 0 Å². The van der Waals surface area contributed by atoms with E-state index < -0.39 is 5.92 Å². The number of esters is 1. The summed E-state index contributed by atoms with van der Waals surface area (Å²) in [5.74, 6) is 2.96. The number of methoxy groups -OCH3 is 2. The standard InChI is InChI=1S/C23H24O6.C11H15NO2/c1-11(2)16-8-14-15(28-16)6-5-12-22(24)21-13-7-18(25-3)19(26-4)9-17(13)27-10-20(21)29-23(12)14;1-2-3-8-14-11(13)9-4-6-10(12)7-5-9/h5-7,9,11,16,20-21H,8,10H2,1-4H3;4-7H,2-3,8,12H2,1H3. The lowest BCUT2D eigenvalue weighted by Gasteiger charge is -2.37. The monoisotopic (exact) mass is 589 g/mol. The second-order valence-corrected chi connectivity index (χ2v) is 11.2. The molecule has 3 heterocycles. The number of nitrogen functional groups attached to an aromatic ring is 1. The molecular formula is C34H39NO8. The summed E-state index contributed by atoms with van der Waals surface area (Å²) in [4.78, 5) is 24.9. The highest BCUT2D eigenvalue weighted by Gasteiger charge is 2.45. The van der Waals surface area contributed by atoms with Gasteiger partial charge in [-0.2, -0.15) is 0 Å². The van der Waals surface area contributed by atoms with E-state index in [1.54, 1.807) is 44.6 Å². The molecule has 3 atom stereocenters. The highest BCUT2D eigenvalue weighted by molar-refractivity contribution is 6.06. The van der Waals surface area contributed by atoms with Crippen LogP contribution in [0.3, 0.4) is 0 Å². The third kappa shape index (κ3) is 6.07. The fourth-order valence-electron chi connectivity index (χ4n) is 5.48. The maximum atomic E-state index is 13.5. The van der Waals surface area contributed by atoms with E-state index in [1.165, 1.54) is 0 Å². The summed E-state index contributed by atoms with van der Waals surface area (Å²) < 4.78 is 34.2. The van der Waals surface area contributed by atoms with Crippen molar-refractivity contribution in [2.24, 2.45) is 5.92 Å². The summed E-state index contributed by atoms with van der Waals surface area (Å²) in [6.45, 7) is 7.12. The zero-order valence-corrected chi connectivity index (χ0v) is 25.3. The van der Waals surface area contributed by atoms with Crippen LogP contribution in [-0.2, 0) is 11.2 Å². The molecule has 0 saturated heterocycles. The number of benzene rings is 3. The SMILES string of the molecule is CCCCOC(=O)c1ccc(N)cc1.COc1cc2c(cc1OC)C1C(=O)c3ccc4c(c3OC1CO2)CC(C(C)C)O4. The Morgan fingerprint density at radius 1 is 1.00 bits per heavy atom. The predicted octanol–water partition coefficient (Wildman–Crippen LogP) is 6.01. The molecule has 0 aromatic heterocycles. The van der Waals surface area contributed by atoms with Gasteiger partial charge in [0.15, 0.2) is 17.3 Å². The number of ether oxygens (including phenoxy) is 6. The van der Waals surface area contributed by atoms with Gasteiger partial charge in [0, 0.05) is 29.3 Å². The summed E-state index contributed by atoms with van der Waals surface area (Å²) >= 11 is 0. The summed E-state index contributed by atoms with van der Waals surface area (Å²) in [5.41, 5.74) is 9.07. The third-order valence-corrected chi connectivity index (χ3v) is 7.97. The van der Waals surface area contributed by atoms with E-state index in [1.807, 2.05) is 18.2 Å². The lowest BCUT2D eigenvalue weighted by Crippen LogP contribution is -2.43. The van der Waals surface area contributed by atoms with Gasteiger partial charge in [-0.05, 0) is 54.8 Å². The molecule has 3 aromatic carbocycles. The fraction of sp³-hybridized carbons (Fsp3) is 0.412. The van der Waals surface area contributed by atoms with Gasteiger partial charge in [0.2, 0.25) is 0 Å². The van der Waals surface area contributed by atoms with E-state index >= 15 is 0 Å². The zero-order chi connectivity index (χ0) is 30.7. The molecule has 9 nitrogen and oxygen atoms in total. The Morgan fingerprint density at radius 2 is 1.72 bits per heavy atom. The maximum Gasteiger partial charge on any atom is 0.338 e. The molecule has 0 aliphatic carbocycles. The second-order valence-electron chi connectivity index (χ2n) is 11.2. The molecule has 0 spiro atoms. The van der Waals surface area contributed by atoms with Gasteiger partial charge in [0.05, 0.1) is 37.9 Å². The molecule has 3 aliphatic rings. The zero-order valence-electron chi connectivity index (χ0n) is 25.3. The lowest BCUT2D eigenvalue weighted by molar-refractivity contribution is 0.0499. The summed E-state index contributed by atoms with van der Waals surface area (Å²) in [5, 5.41) is 0. The molecular weight excluding hydrogens is 550 g/mol. The largest absolute Gasteiger partial charge is 0.493 e. The van der Waals surface area contributed by atoms with Crippen LogP contribution in [0.15, 0.2) is 48.5 Å². The Morgan fingerprint density at radius 3 is 2.40 bits per heavy atom. The Kier molecular flexibility index (Phi) is 8.99. The van der Waals surface area contributed by atoms with Crippen molar-refractivity contribution < 1.29 is 38.0 Å². The van der Waals surface area contributed by atoms with E-state index in [-0.39, 0.29) is 24.0 Å². The number of carbonyl (C=O) groups excluding carboxylic acids is 2. The number of unbranched alkanes of at least 4 members (excludes halogenated alkanes) is 1. The maximum absolute atomic E-state index is 13.5. The highest BCUT2D eigenvalue weighted by Crippen LogP contribution is 2.49. The van der Waals surface area contributed by atoms with Crippen LogP contribution in [0.25, 0.3) is 0 Å². The van der Waals surface area contributed by atoms with Crippen LogP contribution in [0.4, 0.5) is 5.69 Å². The van der Waals surface area contributed by atoms with Crippen molar-refractivity contribution in [2.45, 2.75) is 58.2 Å². The first-order chi connectivity index (χ1) is 20.7. The smallest absolute Gasteiger partial charge is 0.338 e. The molecule has 6 rings (SSSR count). The minimum Gasteiger partial charge on any atom is -0.493 e. The summed E-state index contributed by atoms with van der Waals surface area (Å²) in [7, 11) is 3.16. The van der Waals surface area contributed by atoms with E-state index in [4.69, 9.17) is 34.2 Å². The highest BCUT2D eigenvalue weighted by atomic mass is 16.5. The van der Waals surface area contributed by atoms with Gasteiger partial charge >= 0.3 is 5.97 Å². The minimum absolute atomic E-state index is 0.0452. The number of Topliss-reactive ketones (excluding diaryl/α,β-unsaturated/α-hetero) is 1. The molecule has 3 unspecified atom stereocenters. The van der Waals surface area contributed by atoms with Crippen LogP contribution in [0.2, 0.25) is 0 Å². The first-order valence-corrected chi connectivity index (χ1v) is 14.7. The Balaban J connectivity index is 0.000000222. The van der Waals surface area contributed by atoms with E-state index in [0.29, 0.717) is 58.9 Å². The van der Waals surface area contributed by atoms with Gasteiger partial charge in [-0.15, -0.1) is 0 Å². The number of fused-ring (bicyclic) bond motifs is 6. The predicted molar refractivity (Wildman–Crippen MR) is 162 cm³/mol. The molecule has 228 valence electrons. The quantitative estimate of drug-likeness (QED) is 0.201. The number of hydrogen-bond acceptors (Lipinski definition) is 9. The van der Waals surface area contributed by atoms with Gasteiger partial charge in [-0.3, -0.25) is 4.79 Å². The first kappa shape index (κ1) is 30.1. The average Bonchev–Trinajstić information content (AvgIpc) is 3.46. The summed E-state index contributed by atoms with van der Waals surface area (Å²) in [6.07, 6.45) is 2.40. The van der Waals surface area contributed by atoms with Gasteiger partial charge < -0.3 is 34.2 Å². The van der Waals surface area contributed by atoms with Crippen molar-refractivity contribution in [1.82, 2.24) is 0 Å². The van der Waals surface area contributed by atoms with E-state index in [9.17, 15) is 9.59 Å². The second kappa shape index (κ2) is 12.9. The van der Waals surface area contributed by atoms with Crippen LogP contribution in [-0.4, -0.2) is 51.4 Å². The normalized spacial score (nSPS) is 19.2. The number of ketones is 1. The summed E-state index contributed by atoms with van der Waals surface area (Å²) in [6, 6.07) is 14.0. The molecule has 0 fully saturated rings. The van der Waals surface area contributed by atoms with Gasteiger partial charge in [0.25, 0.3) is 0 Å². The van der Waals surface area contributed by atoms with Crippen molar-refractivity contribution in [3.05, 3.63) is 70.8 Å². The van der Waals surface area contributed by atoms with Gasteiger partial charge in [-0.1, -0.05) is 27.2 Å². The lowest BCUT2D eigenvalue weighted by atomic mass is 9.81. The minimum atomic E-state index is -0.438. The fourth-order valence-corrected chi connectivity index (χ4v) is 5.48. The first-order valence-electron chi connectivity index (χ1n) is 14.7. The van der Waals surface area contributed by atoms with Crippen molar-refractivity contribution >= 4 is 17.4 Å². The Labute approximate surface area is 252 Å². The number of nitrogens with two attached hydrogens (primary N) is 1. The number of carbonyl (C=O) groups is 2. The van der Waals surface area contributed by atoms with Crippen molar-refractivity contribution in [3.8, 4) is 28.7 Å². The Hall–Kier alpha value is -4.40. The third-order valence-electron chi connectivity index (χ3n) is 7.97. The van der Waals surface area contributed by atoms with Crippen molar-refractivity contribution in [3.63, 3.8) is 0 Å². The number of hydrogen-bond donors (Lipinski definition) is 1. The van der Waals surface area contributed by atoms with Crippen LogP contribution in [0, 0.1) is 5.92 Å². The molecule has 0 radical (unpaired) electrons. The molecule has 2 N–H and O–H groups in total. The molecule has 3 aliphatic heterocycles. The van der Waals surface area contributed by atoms with Crippen molar-refractivity contribution in [2.75, 3.05) is 33.2 Å². The average molecular weight is 590 g/mol. The van der Waals surface area contributed by atoms with Gasteiger partial charge in [-0.25, -0.2) is 4.79 Å². The molecule has 3 aromatic rings. The number of rotatable bonds is 7. The van der Waals surface area contributed by atoms with Crippen LogP contribution in [0.1, 0.15) is 71.4 Å². The Bertz CT molecular complexity index is 1480. The number of anilines is 1. The van der Waals surface area contributed by atoms with Crippen LogP contribution < -0.4 is 29.4 Å². The molecule has 0 amide bonds. The van der Waals surface area contributed by atoms with E-state index in [2.05, 4.69) is 20.8 Å². The molecule has 0 saturated carbocycles. The van der Waals surface area contributed by atoms with Crippen LogP contribution >= 0.6 is 0 Å².